The van der Waals surface area contributed by atoms with Crippen LogP contribution in [0.2, 0.25) is 0 Å². The van der Waals surface area contributed by atoms with E-state index in [1.54, 1.807) is 0 Å². The van der Waals surface area contributed by atoms with Crippen LogP contribution >= 0.6 is 21.6 Å². The molecule has 0 spiro atoms. The van der Waals surface area contributed by atoms with Crippen molar-refractivity contribution in [2.75, 3.05) is 45.7 Å². The second kappa shape index (κ2) is 8.71. The second-order valence-electron chi connectivity index (χ2n) is 2.55. The van der Waals surface area contributed by atoms with Crippen LogP contribution in [0.4, 0.5) is 0 Å². The highest BCUT2D eigenvalue weighted by molar-refractivity contribution is 8.76. The number of nitrogens with one attached hydrogen (secondary N) is 1. The molecule has 0 atom stereocenters. The zero-order valence-electron chi connectivity index (χ0n) is 7.59. The molecule has 0 aromatic carbocycles. The maximum atomic E-state index is 3.12. The molecule has 4 heteroatoms. The van der Waals surface area contributed by atoms with Crippen LogP contribution in [-0.2, 0) is 0 Å². The summed E-state index contributed by atoms with van der Waals surface area (Å²) in [5, 5.41) is 3.12. The molecule has 2 nitrogen and oxygen atoms in total. The molecule has 0 rings (SSSR count). The fourth-order valence-electron chi connectivity index (χ4n) is 0.481. The van der Waals surface area contributed by atoms with Crippen molar-refractivity contribution in [3.05, 3.63) is 0 Å². The minimum atomic E-state index is 1.11. The molecule has 0 aromatic heterocycles. The largest absolute Gasteiger partial charge is 0.319 e. The standard InChI is InChI=1S/C7H18N2S2/c1-8-4-6-10-11-7-5-9(2)3/h8H,4-7H2,1-3H3. The zero-order chi connectivity index (χ0) is 8.53. The summed E-state index contributed by atoms with van der Waals surface area (Å²) in [5.74, 6) is 2.43. The van der Waals surface area contributed by atoms with Crippen LogP contribution in [0.25, 0.3) is 0 Å². The first kappa shape index (κ1) is 11.6. The Labute approximate surface area is 77.9 Å². The van der Waals surface area contributed by atoms with Gasteiger partial charge in [0.05, 0.1) is 0 Å². The lowest BCUT2D eigenvalue weighted by molar-refractivity contribution is 0.438. The van der Waals surface area contributed by atoms with Crippen LogP contribution in [0.5, 0.6) is 0 Å². The van der Waals surface area contributed by atoms with Crippen molar-refractivity contribution >= 4 is 21.6 Å². The Morgan fingerprint density at radius 3 is 2.36 bits per heavy atom. The van der Waals surface area contributed by atoms with Crippen molar-refractivity contribution in [3.8, 4) is 0 Å². The van der Waals surface area contributed by atoms with Gasteiger partial charge in [-0.3, -0.25) is 0 Å². The molecule has 68 valence electrons. The van der Waals surface area contributed by atoms with Gasteiger partial charge in [0, 0.05) is 24.6 Å². The molecule has 0 fully saturated rings. The summed E-state index contributed by atoms with van der Waals surface area (Å²) in [6, 6.07) is 0. The molecule has 0 aromatic rings. The topological polar surface area (TPSA) is 15.3 Å². The first-order valence-corrected chi connectivity index (χ1v) is 6.30. The van der Waals surface area contributed by atoms with Gasteiger partial charge in [0.15, 0.2) is 0 Å². The van der Waals surface area contributed by atoms with Gasteiger partial charge in [-0.05, 0) is 21.1 Å². The van der Waals surface area contributed by atoms with E-state index in [1.807, 2.05) is 28.6 Å². The first-order valence-electron chi connectivity index (χ1n) is 3.81. The Kier molecular flexibility index (Phi) is 9.21. The van der Waals surface area contributed by atoms with Gasteiger partial charge < -0.3 is 10.2 Å². The average Bonchev–Trinajstić information content (AvgIpc) is 1.96. The molecule has 0 amide bonds. The Bertz CT molecular complexity index is 78.8. The highest BCUT2D eigenvalue weighted by atomic mass is 33.1. The summed E-state index contributed by atoms with van der Waals surface area (Å²) >= 11 is 0. The third-order valence-corrected chi connectivity index (χ3v) is 3.53. The molecule has 0 bridgehead atoms. The predicted octanol–water partition coefficient (Wildman–Crippen LogP) is 1.15. The maximum Gasteiger partial charge on any atom is 0.0165 e. The van der Waals surface area contributed by atoms with E-state index in [2.05, 4.69) is 24.3 Å². The Morgan fingerprint density at radius 2 is 1.82 bits per heavy atom. The maximum absolute atomic E-state index is 3.12. The van der Waals surface area contributed by atoms with Gasteiger partial charge in [-0.1, -0.05) is 21.6 Å². The van der Waals surface area contributed by atoms with Crippen molar-refractivity contribution in [1.82, 2.24) is 10.2 Å². The smallest absolute Gasteiger partial charge is 0.0165 e. The molecule has 0 saturated heterocycles. The van der Waals surface area contributed by atoms with Crippen molar-refractivity contribution in [3.63, 3.8) is 0 Å². The number of nitrogens with zero attached hydrogens (tertiary/aromatic N) is 1. The molecule has 0 aliphatic carbocycles. The summed E-state index contributed by atoms with van der Waals surface area (Å²) < 4.78 is 0. The summed E-state index contributed by atoms with van der Waals surface area (Å²) in [6.45, 7) is 2.29. The van der Waals surface area contributed by atoms with Gasteiger partial charge in [-0.25, -0.2) is 0 Å². The van der Waals surface area contributed by atoms with Crippen molar-refractivity contribution in [2.45, 2.75) is 0 Å². The monoisotopic (exact) mass is 194 g/mol. The normalized spacial score (nSPS) is 10.9. The van der Waals surface area contributed by atoms with E-state index in [0.29, 0.717) is 0 Å². The van der Waals surface area contributed by atoms with E-state index in [0.717, 1.165) is 6.54 Å². The summed E-state index contributed by atoms with van der Waals surface area (Å²) in [6.07, 6.45) is 0. The van der Waals surface area contributed by atoms with Crippen molar-refractivity contribution in [1.29, 1.82) is 0 Å². The zero-order valence-corrected chi connectivity index (χ0v) is 9.23. The van der Waals surface area contributed by atoms with E-state index in [-0.39, 0.29) is 0 Å². The van der Waals surface area contributed by atoms with Crippen LogP contribution in [0.1, 0.15) is 0 Å². The molecule has 1 N–H and O–H groups in total. The Hall–Kier alpha value is 0.620. The summed E-state index contributed by atoms with van der Waals surface area (Å²) in [5.41, 5.74) is 0. The molecule has 0 heterocycles. The van der Waals surface area contributed by atoms with Gasteiger partial charge in [0.25, 0.3) is 0 Å². The predicted molar refractivity (Wildman–Crippen MR) is 57.4 cm³/mol. The van der Waals surface area contributed by atoms with Crippen LogP contribution < -0.4 is 5.32 Å². The van der Waals surface area contributed by atoms with Gasteiger partial charge in [-0.2, -0.15) is 0 Å². The fourth-order valence-corrected chi connectivity index (χ4v) is 2.62. The Balaban J connectivity index is 2.80. The van der Waals surface area contributed by atoms with E-state index in [1.165, 1.54) is 18.1 Å². The molecular formula is C7H18N2S2. The molecular weight excluding hydrogens is 176 g/mol. The minimum absolute atomic E-state index is 1.11. The second-order valence-corrected chi connectivity index (χ2v) is 5.25. The van der Waals surface area contributed by atoms with Crippen LogP contribution in [0, 0.1) is 0 Å². The van der Waals surface area contributed by atoms with Crippen LogP contribution in [0.15, 0.2) is 0 Å². The van der Waals surface area contributed by atoms with E-state index in [4.69, 9.17) is 0 Å². The quantitative estimate of drug-likeness (QED) is 0.483. The molecule has 0 aliphatic heterocycles. The van der Waals surface area contributed by atoms with Gasteiger partial charge >= 0.3 is 0 Å². The lowest BCUT2D eigenvalue weighted by atomic mass is 10.7. The lowest BCUT2D eigenvalue weighted by Gasteiger charge is -2.07. The third-order valence-electron chi connectivity index (χ3n) is 1.14. The molecule has 0 radical (unpaired) electrons. The van der Waals surface area contributed by atoms with Crippen LogP contribution in [-0.4, -0.2) is 50.6 Å². The van der Waals surface area contributed by atoms with Gasteiger partial charge in [-0.15, -0.1) is 0 Å². The molecule has 11 heavy (non-hydrogen) atoms. The van der Waals surface area contributed by atoms with E-state index >= 15 is 0 Å². The van der Waals surface area contributed by atoms with Crippen molar-refractivity contribution in [2.24, 2.45) is 0 Å². The van der Waals surface area contributed by atoms with Gasteiger partial charge in [0.1, 0.15) is 0 Å². The SMILES string of the molecule is CNCCSSCCN(C)C. The van der Waals surface area contributed by atoms with Crippen molar-refractivity contribution < 1.29 is 0 Å². The highest BCUT2D eigenvalue weighted by Crippen LogP contribution is 2.19. The molecule has 0 aliphatic rings. The third kappa shape index (κ3) is 10.6. The van der Waals surface area contributed by atoms with E-state index < -0.39 is 0 Å². The fraction of sp³-hybridized carbons (Fsp3) is 1.00. The van der Waals surface area contributed by atoms with Crippen LogP contribution in [0.3, 0.4) is 0 Å². The number of hydrogen-bond donors (Lipinski definition) is 1. The number of rotatable bonds is 7. The Morgan fingerprint density at radius 1 is 1.18 bits per heavy atom. The highest BCUT2D eigenvalue weighted by Gasteiger charge is 1.91. The van der Waals surface area contributed by atoms with Gasteiger partial charge in [0.2, 0.25) is 0 Å². The molecule has 0 saturated carbocycles. The van der Waals surface area contributed by atoms with E-state index in [9.17, 15) is 0 Å². The average molecular weight is 194 g/mol. The first-order chi connectivity index (χ1) is 5.27. The summed E-state index contributed by atoms with van der Waals surface area (Å²) in [7, 11) is 10.1. The lowest BCUT2D eigenvalue weighted by Crippen LogP contribution is -2.14. The summed E-state index contributed by atoms with van der Waals surface area (Å²) in [4.78, 5) is 2.21. The molecule has 0 unspecified atom stereocenters. The minimum Gasteiger partial charge on any atom is -0.319 e. The number of hydrogen-bond acceptors (Lipinski definition) is 4.